The van der Waals surface area contributed by atoms with E-state index in [-0.39, 0.29) is 5.95 Å². The predicted octanol–water partition coefficient (Wildman–Crippen LogP) is 1.18. The van der Waals surface area contributed by atoms with Crippen molar-refractivity contribution in [3.05, 3.63) is 29.3 Å². The molecule has 0 unspecified atom stereocenters. The fraction of sp³-hybridized carbons (Fsp3) is 0.100. The van der Waals surface area contributed by atoms with Gasteiger partial charge in [-0.25, -0.2) is 4.98 Å². The normalized spacial score (nSPS) is 13.4. The van der Waals surface area contributed by atoms with Crippen LogP contribution in [-0.4, -0.2) is 15.2 Å². The van der Waals surface area contributed by atoms with Gasteiger partial charge in [0.2, 0.25) is 5.95 Å². The monoisotopic (exact) mass is 184 g/mol. The maximum absolute atomic E-state index is 5.47. The molecule has 14 heavy (non-hydrogen) atoms. The van der Waals surface area contributed by atoms with Crippen LogP contribution in [0, 0.1) is 0 Å². The highest BCUT2D eigenvalue weighted by Gasteiger charge is 2.08. The van der Waals surface area contributed by atoms with Gasteiger partial charge in [0.25, 0.3) is 0 Å². The van der Waals surface area contributed by atoms with Gasteiger partial charge in [0.15, 0.2) is 0 Å². The standard InChI is InChI=1S/C10H8N4/c11-10-12-8-4-6-2-1-3-7(6)5-9(8)13-14-10/h1-2,4-5H,3H2,(H2,11,12,14). The minimum Gasteiger partial charge on any atom is -0.366 e. The highest BCUT2D eigenvalue weighted by Crippen LogP contribution is 2.23. The summed E-state index contributed by atoms with van der Waals surface area (Å²) in [6.07, 6.45) is 5.19. The number of aromatic nitrogens is 3. The van der Waals surface area contributed by atoms with E-state index in [1.54, 1.807) is 0 Å². The van der Waals surface area contributed by atoms with Crippen molar-refractivity contribution in [1.82, 2.24) is 15.2 Å². The van der Waals surface area contributed by atoms with Crippen LogP contribution in [0.4, 0.5) is 5.95 Å². The largest absolute Gasteiger partial charge is 0.366 e. The fourth-order valence-electron chi connectivity index (χ4n) is 1.70. The molecule has 4 heteroatoms. The Morgan fingerprint density at radius 1 is 1.14 bits per heavy atom. The predicted molar refractivity (Wildman–Crippen MR) is 54.5 cm³/mol. The molecule has 0 saturated carbocycles. The van der Waals surface area contributed by atoms with E-state index in [4.69, 9.17) is 5.73 Å². The van der Waals surface area contributed by atoms with Crippen LogP contribution in [0.5, 0.6) is 0 Å². The van der Waals surface area contributed by atoms with E-state index in [0.29, 0.717) is 0 Å². The van der Waals surface area contributed by atoms with Gasteiger partial charge in [0.05, 0.1) is 5.52 Å². The third-order valence-corrected chi connectivity index (χ3v) is 2.37. The van der Waals surface area contributed by atoms with E-state index in [0.717, 1.165) is 17.5 Å². The van der Waals surface area contributed by atoms with Crippen LogP contribution in [0.1, 0.15) is 11.1 Å². The van der Waals surface area contributed by atoms with Gasteiger partial charge in [-0.3, -0.25) is 0 Å². The lowest BCUT2D eigenvalue weighted by atomic mass is 10.1. The lowest BCUT2D eigenvalue weighted by Gasteiger charge is -2.01. The summed E-state index contributed by atoms with van der Waals surface area (Å²) in [5.41, 5.74) is 9.56. The summed E-state index contributed by atoms with van der Waals surface area (Å²) >= 11 is 0. The lowest BCUT2D eigenvalue weighted by Crippen LogP contribution is -1.98. The number of benzene rings is 1. The minimum atomic E-state index is 0.222. The van der Waals surface area contributed by atoms with Crippen LogP contribution in [0.25, 0.3) is 17.1 Å². The molecule has 0 amide bonds. The number of allylic oxidation sites excluding steroid dienone is 1. The van der Waals surface area contributed by atoms with Gasteiger partial charge in [-0.05, 0) is 29.7 Å². The molecule has 1 aromatic heterocycles. The van der Waals surface area contributed by atoms with Crippen molar-refractivity contribution in [3.63, 3.8) is 0 Å². The van der Waals surface area contributed by atoms with Crippen LogP contribution in [0.2, 0.25) is 0 Å². The van der Waals surface area contributed by atoms with E-state index in [9.17, 15) is 0 Å². The van der Waals surface area contributed by atoms with Gasteiger partial charge >= 0.3 is 0 Å². The van der Waals surface area contributed by atoms with E-state index >= 15 is 0 Å². The molecule has 1 heterocycles. The Morgan fingerprint density at radius 3 is 3.00 bits per heavy atom. The van der Waals surface area contributed by atoms with E-state index in [1.807, 2.05) is 12.1 Å². The molecular weight excluding hydrogens is 176 g/mol. The molecule has 1 aliphatic rings. The summed E-state index contributed by atoms with van der Waals surface area (Å²) in [7, 11) is 0. The zero-order chi connectivity index (χ0) is 9.54. The number of nitrogen functional groups attached to an aromatic ring is 1. The van der Waals surface area contributed by atoms with Crippen molar-refractivity contribution < 1.29 is 0 Å². The van der Waals surface area contributed by atoms with Crippen LogP contribution in [0.15, 0.2) is 18.2 Å². The molecule has 0 saturated heterocycles. The van der Waals surface area contributed by atoms with Crippen molar-refractivity contribution in [2.24, 2.45) is 0 Å². The Morgan fingerprint density at radius 2 is 2.07 bits per heavy atom. The van der Waals surface area contributed by atoms with Gasteiger partial charge in [0.1, 0.15) is 5.52 Å². The van der Waals surface area contributed by atoms with Gasteiger partial charge in [-0.15, -0.1) is 10.2 Å². The first kappa shape index (κ1) is 7.44. The Balaban J connectivity index is 2.37. The summed E-state index contributed by atoms with van der Waals surface area (Å²) in [4.78, 5) is 4.12. The molecule has 3 rings (SSSR count). The molecule has 2 aromatic rings. The second-order valence-electron chi connectivity index (χ2n) is 3.32. The Bertz CT molecular complexity index is 545. The van der Waals surface area contributed by atoms with Crippen molar-refractivity contribution >= 4 is 23.1 Å². The van der Waals surface area contributed by atoms with Crippen LogP contribution in [0.3, 0.4) is 0 Å². The van der Waals surface area contributed by atoms with E-state index in [2.05, 4.69) is 27.3 Å². The lowest BCUT2D eigenvalue weighted by molar-refractivity contribution is 1.04. The first-order valence-corrected chi connectivity index (χ1v) is 4.42. The average Bonchev–Trinajstić information content (AvgIpc) is 2.61. The van der Waals surface area contributed by atoms with Gasteiger partial charge in [-0.2, -0.15) is 0 Å². The van der Waals surface area contributed by atoms with Gasteiger partial charge in [-0.1, -0.05) is 12.2 Å². The number of hydrogen-bond acceptors (Lipinski definition) is 4. The molecule has 0 atom stereocenters. The third-order valence-electron chi connectivity index (χ3n) is 2.37. The fourth-order valence-corrected chi connectivity index (χ4v) is 1.70. The second-order valence-corrected chi connectivity index (χ2v) is 3.32. The molecule has 4 nitrogen and oxygen atoms in total. The molecule has 0 radical (unpaired) electrons. The number of fused-ring (bicyclic) bond motifs is 2. The molecule has 0 aliphatic heterocycles. The SMILES string of the molecule is Nc1nnc2cc3c(cc2n1)C=CC3. The second kappa shape index (κ2) is 2.51. The maximum atomic E-state index is 5.47. The molecule has 1 aliphatic carbocycles. The van der Waals surface area contributed by atoms with E-state index < -0.39 is 0 Å². The molecule has 0 spiro atoms. The smallest absolute Gasteiger partial charge is 0.240 e. The van der Waals surface area contributed by atoms with Crippen molar-refractivity contribution in [1.29, 1.82) is 0 Å². The zero-order valence-electron chi connectivity index (χ0n) is 7.44. The summed E-state index contributed by atoms with van der Waals surface area (Å²) in [6, 6.07) is 4.02. The van der Waals surface area contributed by atoms with E-state index in [1.165, 1.54) is 11.1 Å². The molecule has 0 bridgehead atoms. The van der Waals surface area contributed by atoms with Crippen LogP contribution in [-0.2, 0) is 6.42 Å². The first-order chi connectivity index (χ1) is 6.83. The quantitative estimate of drug-likeness (QED) is 0.667. The molecule has 68 valence electrons. The zero-order valence-corrected chi connectivity index (χ0v) is 7.44. The van der Waals surface area contributed by atoms with Crippen molar-refractivity contribution in [2.45, 2.75) is 6.42 Å². The van der Waals surface area contributed by atoms with Gasteiger partial charge in [0, 0.05) is 0 Å². The first-order valence-electron chi connectivity index (χ1n) is 4.42. The Labute approximate surface area is 80.5 Å². The highest BCUT2D eigenvalue weighted by atomic mass is 15.2. The van der Waals surface area contributed by atoms with Gasteiger partial charge < -0.3 is 5.73 Å². The van der Waals surface area contributed by atoms with Crippen LogP contribution >= 0.6 is 0 Å². The average molecular weight is 184 g/mol. The summed E-state index contributed by atoms with van der Waals surface area (Å²) in [5.74, 6) is 0.222. The highest BCUT2D eigenvalue weighted by molar-refractivity contribution is 5.80. The van der Waals surface area contributed by atoms with Crippen molar-refractivity contribution in [2.75, 3.05) is 5.73 Å². The maximum Gasteiger partial charge on any atom is 0.240 e. The topological polar surface area (TPSA) is 64.7 Å². The third kappa shape index (κ3) is 0.970. The van der Waals surface area contributed by atoms with Crippen molar-refractivity contribution in [3.8, 4) is 0 Å². The number of nitrogens with zero attached hydrogens (tertiary/aromatic N) is 3. The minimum absolute atomic E-state index is 0.222. The van der Waals surface area contributed by atoms with Crippen LogP contribution < -0.4 is 5.73 Å². The molecular formula is C10H8N4. The molecule has 2 N–H and O–H groups in total. The number of hydrogen-bond donors (Lipinski definition) is 1. The summed E-state index contributed by atoms with van der Waals surface area (Å²) in [5, 5.41) is 7.72. The number of rotatable bonds is 0. The number of anilines is 1. The molecule has 1 aromatic carbocycles. The Kier molecular flexibility index (Phi) is 1.33. The molecule has 0 fully saturated rings. The number of nitrogens with two attached hydrogens (primary N) is 1. The summed E-state index contributed by atoms with van der Waals surface area (Å²) in [6.45, 7) is 0. The Hall–Kier alpha value is -1.97. The summed E-state index contributed by atoms with van der Waals surface area (Å²) < 4.78 is 0.